The molecule has 5 nitrogen and oxygen atoms in total. The van der Waals surface area contributed by atoms with E-state index in [1.807, 2.05) is 68.4 Å². The number of nitrogens with zero attached hydrogens (tertiary/aromatic N) is 1. The van der Waals surface area contributed by atoms with E-state index in [-0.39, 0.29) is 36.6 Å². The van der Waals surface area contributed by atoms with Gasteiger partial charge in [0.1, 0.15) is 17.6 Å². The lowest BCUT2D eigenvalue weighted by atomic mass is 10.0. The first-order chi connectivity index (χ1) is 16.4. The van der Waals surface area contributed by atoms with Gasteiger partial charge in [-0.3, -0.25) is 9.59 Å². The highest BCUT2D eigenvalue weighted by molar-refractivity contribution is 5.89. The topological polar surface area (TPSA) is 58.6 Å². The predicted octanol–water partition coefficient (Wildman–Crippen LogP) is 4.54. The van der Waals surface area contributed by atoms with Crippen LogP contribution >= 0.6 is 0 Å². The Morgan fingerprint density at radius 2 is 1.59 bits per heavy atom. The number of halogens is 1. The zero-order chi connectivity index (χ0) is 24.5. The summed E-state index contributed by atoms with van der Waals surface area (Å²) in [5.74, 6) is -0.110. The summed E-state index contributed by atoms with van der Waals surface area (Å²) in [5, 5.41) is 2.97. The lowest BCUT2D eigenvalue weighted by molar-refractivity contribution is -0.141. The minimum absolute atomic E-state index is 0.0600. The standard InChI is InChI=1S/C28H31FN2O3/c1-20(2)30-28(33)26(17-21-8-5-4-6-9-21)31(19-23-10-7-11-25(16-23)34-3)27(32)18-22-12-14-24(29)15-13-22/h4-16,20,26H,17-19H2,1-3H3,(H,30,33)/t26-/m0/s1. The molecule has 0 spiro atoms. The molecule has 178 valence electrons. The zero-order valence-corrected chi connectivity index (χ0v) is 19.8. The van der Waals surface area contributed by atoms with Crippen LogP contribution in [-0.4, -0.2) is 35.9 Å². The number of rotatable bonds is 10. The number of carbonyl (C=O) groups excluding carboxylic acids is 2. The van der Waals surface area contributed by atoms with Gasteiger partial charge in [-0.05, 0) is 54.8 Å². The third kappa shape index (κ3) is 7.17. The van der Waals surface area contributed by atoms with E-state index >= 15 is 0 Å². The summed E-state index contributed by atoms with van der Waals surface area (Å²) in [4.78, 5) is 28.5. The molecule has 0 saturated carbocycles. The summed E-state index contributed by atoms with van der Waals surface area (Å²) >= 11 is 0. The van der Waals surface area contributed by atoms with Crippen LogP contribution in [0.1, 0.15) is 30.5 Å². The fourth-order valence-electron chi connectivity index (χ4n) is 3.78. The fraction of sp³-hybridized carbons (Fsp3) is 0.286. The average molecular weight is 463 g/mol. The predicted molar refractivity (Wildman–Crippen MR) is 131 cm³/mol. The van der Waals surface area contributed by atoms with Crippen molar-refractivity contribution in [3.05, 3.63) is 101 Å². The largest absolute Gasteiger partial charge is 0.497 e. The molecular weight excluding hydrogens is 431 g/mol. The van der Waals surface area contributed by atoms with E-state index in [9.17, 15) is 14.0 Å². The number of hydrogen-bond acceptors (Lipinski definition) is 3. The molecule has 3 aromatic carbocycles. The zero-order valence-electron chi connectivity index (χ0n) is 19.8. The smallest absolute Gasteiger partial charge is 0.243 e. The summed E-state index contributed by atoms with van der Waals surface area (Å²) in [6, 6.07) is 22.2. The Labute approximate surface area is 200 Å². The number of benzene rings is 3. The second kappa shape index (κ2) is 12.0. The highest BCUT2D eigenvalue weighted by Gasteiger charge is 2.30. The van der Waals surface area contributed by atoms with Gasteiger partial charge in [-0.1, -0.05) is 54.6 Å². The third-order valence-corrected chi connectivity index (χ3v) is 5.46. The van der Waals surface area contributed by atoms with E-state index in [2.05, 4.69) is 5.32 Å². The van der Waals surface area contributed by atoms with Crippen LogP contribution in [0.15, 0.2) is 78.9 Å². The molecule has 1 atom stereocenters. The Hall–Kier alpha value is -3.67. The van der Waals surface area contributed by atoms with Gasteiger partial charge in [0.2, 0.25) is 11.8 Å². The van der Waals surface area contributed by atoms with Crippen LogP contribution in [0.5, 0.6) is 5.75 Å². The van der Waals surface area contributed by atoms with Crippen LogP contribution in [0.4, 0.5) is 4.39 Å². The molecule has 6 heteroatoms. The van der Waals surface area contributed by atoms with Crippen molar-refractivity contribution >= 4 is 11.8 Å². The van der Waals surface area contributed by atoms with Crippen LogP contribution in [0.25, 0.3) is 0 Å². The number of carbonyl (C=O) groups is 2. The quantitative estimate of drug-likeness (QED) is 0.481. The van der Waals surface area contributed by atoms with Crippen LogP contribution in [-0.2, 0) is 29.0 Å². The van der Waals surface area contributed by atoms with E-state index in [1.54, 1.807) is 24.1 Å². The maximum atomic E-state index is 13.6. The maximum Gasteiger partial charge on any atom is 0.243 e. The highest BCUT2D eigenvalue weighted by Crippen LogP contribution is 2.19. The minimum atomic E-state index is -0.719. The number of nitrogens with one attached hydrogen (secondary N) is 1. The molecule has 0 aliphatic carbocycles. The fourth-order valence-corrected chi connectivity index (χ4v) is 3.78. The summed E-state index contributed by atoms with van der Waals surface area (Å²) < 4.78 is 18.7. The van der Waals surface area contributed by atoms with E-state index in [0.29, 0.717) is 17.7 Å². The first kappa shape index (κ1) is 25.0. The van der Waals surface area contributed by atoms with E-state index in [4.69, 9.17) is 4.74 Å². The third-order valence-electron chi connectivity index (χ3n) is 5.46. The lowest BCUT2D eigenvalue weighted by Gasteiger charge is -2.32. The molecular formula is C28H31FN2O3. The second-order valence-corrected chi connectivity index (χ2v) is 8.55. The van der Waals surface area contributed by atoms with Gasteiger partial charge in [0, 0.05) is 19.0 Å². The summed E-state index contributed by atoms with van der Waals surface area (Å²) in [6.45, 7) is 4.02. The number of amides is 2. The summed E-state index contributed by atoms with van der Waals surface area (Å²) in [7, 11) is 1.59. The minimum Gasteiger partial charge on any atom is -0.497 e. The molecule has 0 saturated heterocycles. The van der Waals surface area contributed by atoms with Crippen LogP contribution in [0, 0.1) is 5.82 Å². The Morgan fingerprint density at radius 3 is 2.24 bits per heavy atom. The molecule has 1 N–H and O–H groups in total. The monoisotopic (exact) mass is 462 g/mol. The molecule has 3 aromatic rings. The summed E-state index contributed by atoms with van der Waals surface area (Å²) in [5.41, 5.74) is 2.49. The molecule has 0 bridgehead atoms. The Bertz CT molecular complexity index is 1080. The molecule has 0 aliphatic rings. The molecule has 0 heterocycles. The van der Waals surface area contributed by atoms with E-state index < -0.39 is 6.04 Å². The number of ether oxygens (including phenoxy) is 1. The SMILES string of the molecule is COc1cccc(CN(C(=O)Cc2ccc(F)cc2)[C@@H](Cc2ccccc2)C(=O)NC(C)C)c1. The average Bonchev–Trinajstić information content (AvgIpc) is 2.83. The maximum absolute atomic E-state index is 13.6. The second-order valence-electron chi connectivity index (χ2n) is 8.55. The molecule has 0 unspecified atom stereocenters. The molecule has 34 heavy (non-hydrogen) atoms. The van der Waals surface area contributed by atoms with Crippen LogP contribution in [0.2, 0.25) is 0 Å². The number of methoxy groups -OCH3 is 1. The van der Waals surface area contributed by atoms with Crippen molar-refractivity contribution in [2.45, 2.75) is 45.3 Å². The van der Waals surface area contributed by atoms with Gasteiger partial charge in [0.05, 0.1) is 13.5 Å². The van der Waals surface area contributed by atoms with Crippen molar-refractivity contribution in [2.75, 3.05) is 7.11 Å². The van der Waals surface area contributed by atoms with Gasteiger partial charge in [0.25, 0.3) is 0 Å². The molecule has 0 fully saturated rings. The van der Waals surface area contributed by atoms with Crippen molar-refractivity contribution in [3.63, 3.8) is 0 Å². The van der Waals surface area contributed by atoms with E-state index in [1.165, 1.54) is 12.1 Å². The normalized spacial score (nSPS) is 11.7. The summed E-state index contributed by atoms with van der Waals surface area (Å²) in [6.07, 6.45) is 0.434. The van der Waals surface area contributed by atoms with Crippen molar-refractivity contribution in [1.82, 2.24) is 10.2 Å². The first-order valence-corrected chi connectivity index (χ1v) is 11.4. The first-order valence-electron chi connectivity index (χ1n) is 11.4. The Morgan fingerprint density at radius 1 is 0.912 bits per heavy atom. The Balaban J connectivity index is 1.97. The van der Waals surface area contributed by atoms with Crippen molar-refractivity contribution in [3.8, 4) is 5.75 Å². The number of hydrogen-bond donors (Lipinski definition) is 1. The molecule has 0 radical (unpaired) electrons. The van der Waals surface area contributed by atoms with Gasteiger partial charge in [-0.15, -0.1) is 0 Å². The van der Waals surface area contributed by atoms with Crippen LogP contribution in [0.3, 0.4) is 0 Å². The van der Waals surface area contributed by atoms with E-state index in [0.717, 1.165) is 11.1 Å². The Kier molecular flexibility index (Phi) is 8.79. The van der Waals surface area contributed by atoms with Crippen LogP contribution < -0.4 is 10.1 Å². The van der Waals surface area contributed by atoms with Gasteiger partial charge in [0.15, 0.2) is 0 Å². The molecule has 0 aromatic heterocycles. The molecule has 2 amide bonds. The van der Waals surface area contributed by atoms with Gasteiger partial charge < -0.3 is 15.0 Å². The molecule has 3 rings (SSSR count). The van der Waals surface area contributed by atoms with Crippen molar-refractivity contribution < 1.29 is 18.7 Å². The van der Waals surface area contributed by atoms with Gasteiger partial charge >= 0.3 is 0 Å². The lowest BCUT2D eigenvalue weighted by Crippen LogP contribution is -2.52. The van der Waals surface area contributed by atoms with Gasteiger partial charge in [-0.25, -0.2) is 4.39 Å². The van der Waals surface area contributed by atoms with Crippen molar-refractivity contribution in [2.24, 2.45) is 0 Å². The van der Waals surface area contributed by atoms with Gasteiger partial charge in [-0.2, -0.15) is 0 Å². The van der Waals surface area contributed by atoms with Crippen molar-refractivity contribution in [1.29, 1.82) is 0 Å². The molecule has 0 aliphatic heterocycles. The highest BCUT2D eigenvalue weighted by atomic mass is 19.1.